The number of aldehydes is 1. The lowest BCUT2D eigenvalue weighted by Crippen LogP contribution is -1.91. The molecular formula is C7H9O. The quantitative estimate of drug-likeness (QED) is 0.466. The fourth-order valence-corrected chi connectivity index (χ4v) is 0.878. The van der Waals surface area contributed by atoms with Crippen molar-refractivity contribution < 1.29 is 4.79 Å². The van der Waals surface area contributed by atoms with Crippen molar-refractivity contribution >= 4 is 6.29 Å². The Kier molecular flexibility index (Phi) is 1.84. The van der Waals surface area contributed by atoms with Crippen LogP contribution in [0.3, 0.4) is 0 Å². The molecule has 8 heavy (non-hydrogen) atoms. The topological polar surface area (TPSA) is 17.1 Å². The summed E-state index contributed by atoms with van der Waals surface area (Å²) in [5.41, 5.74) is 0.872. The highest BCUT2D eigenvalue weighted by Crippen LogP contribution is 2.13. The van der Waals surface area contributed by atoms with Crippen molar-refractivity contribution in [3.8, 4) is 0 Å². The molecular weight excluding hydrogens is 100 g/mol. The van der Waals surface area contributed by atoms with E-state index in [9.17, 15) is 4.79 Å². The number of carbonyl (C=O) groups is 1. The lowest BCUT2D eigenvalue weighted by atomic mass is 10.0. The maximum Gasteiger partial charge on any atom is 0.146 e. The van der Waals surface area contributed by atoms with Crippen molar-refractivity contribution in [2.45, 2.75) is 25.7 Å². The standard InChI is InChI=1S/C7H9O/c8-6-7-4-2-1-3-5-7/h6H,1-4H2. The summed E-state index contributed by atoms with van der Waals surface area (Å²) >= 11 is 0. The normalized spacial score (nSPS) is 19.8. The van der Waals surface area contributed by atoms with Gasteiger partial charge in [-0.05, 0) is 37.3 Å². The molecule has 1 aliphatic carbocycles. The first-order valence-electron chi connectivity index (χ1n) is 2.98. The summed E-state index contributed by atoms with van der Waals surface area (Å²) in [5.74, 6) is 0. The van der Waals surface area contributed by atoms with E-state index in [1.54, 1.807) is 0 Å². The van der Waals surface area contributed by atoms with E-state index in [1.807, 2.05) is 0 Å². The van der Waals surface area contributed by atoms with Gasteiger partial charge in [0.15, 0.2) is 0 Å². The second-order valence-corrected chi connectivity index (χ2v) is 2.03. The summed E-state index contributed by atoms with van der Waals surface area (Å²) in [4.78, 5) is 10.1. The Morgan fingerprint density at radius 3 is 2.75 bits per heavy atom. The molecule has 0 aromatic heterocycles. The van der Waals surface area contributed by atoms with Crippen molar-refractivity contribution in [1.82, 2.24) is 0 Å². The van der Waals surface area contributed by atoms with E-state index in [4.69, 9.17) is 0 Å². The average molecular weight is 109 g/mol. The van der Waals surface area contributed by atoms with Gasteiger partial charge in [0.1, 0.15) is 6.29 Å². The molecule has 0 amide bonds. The average Bonchev–Trinajstić information content (AvgIpc) is 1.90. The second-order valence-electron chi connectivity index (χ2n) is 2.03. The van der Waals surface area contributed by atoms with Gasteiger partial charge < -0.3 is 0 Å². The highest BCUT2D eigenvalue weighted by Gasteiger charge is 2.00. The van der Waals surface area contributed by atoms with Gasteiger partial charge >= 0.3 is 0 Å². The molecule has 0 aromatic carbocycles. The van der Waals surface area contributed by atoms with Crippen LogP contribution in [0, 0.1) is 6.08 Å². The summed E-state index contributed by atoms with van der Waals surface area (Å²) < 4.78 is 0. The molecule has 1 radical (unpaired) electrons. The predicted octanol–water partition coefficient (Wildman–Crippen LogP) is 1.49. The molecule has 0 fully saturated rings. The molecule has 0 heterocycles. The van der Waals surface area contributed by atoms with E-state index in [-0.39, 0.29) is 0 Å². The van der Waals surface area contributed by atoms with Crippen LogP contribution in [0.1, 0.15) is 25.7 Å². The van der Waals surface area contributed by atoms with Gasteiger partial charge in [0.05, 0.1) is 0 Å². The fraction of sp³-hybridized carbons (Fsp3) is 0.571. The first-order valence-corrected chi connectivity index (χ1v) is 2.98. The van der Waals surface area contributed by atoms with Gasteiger partial charge in [-0.1, -0.05) is 0 Å². The largest absolute Gasteiger partial charge is 0.298 e. The third kappa shape index (κ3) is 1.19. The summed E-state index contributed by atoms with van der Waals surface area (Å²) in [6.45, 7) is 0. The first-order chi connectivity index (χ1) is 3.93. The number of carbonyl (C=O) groups excluding carboxylic acids is 1. The van der Waals surface area contributed by atoms with Crippen molar-refractivity contribution in [2.75, 3.05) is 0 Å². The monoisotopic (exact) mass is 109 g/mol. The van der Waals surface area contributed by atoms with E-state index >= 15 is 0 Å². The lowest BCUT2D eigenvalue weighted by Gasteiger charge is -2.03. The number of rotatable bonds is 1. The van der Waals surface area contributed by atoms with Crippen LogP contribution in [-0.2, 0) is 4.79 Å². The van der Waals surface area contributed by atoms with Crippen LogP contribution in [0.5, 0.6) is 0 Å². The van der Waals surface area contributed by atoms with E-state index in [1.165, 1.54) is 12.8 Å². The van der Waals surface area contributed by atoms with E-state index in [0.29, 0.717) is 0 Å². The minimum atomic E-state index is 0.872. The molecule has 1 rings (SSSR count). The summed E-state index contributed by atoms with van der Waals surface area (Å²) in [6.07, 6.45) is 8.23. The Morgan fingerprint density at radius 2 is 2.38 bits per heavy atom. The molecule has 0 unspecified atom stereocenters. The smallest absolute Gasteiger partial charge is 0.146 e. The number of allylic oxidation sites excluding steroid dienone is 2. The zero-order valence-corrected chi connectivity index (χ0v) is 4.81. The van der Waals surface area contributed by atoms with E-state index in [0.717, 1.165) is 24.7 Å². The minimum absolute atomic E-state index is 0.872. The van der Waals surface area contributed by atoms with Gasteiger partial charge in [0, 0.05) is 0 Å². The Labute approximate surface area is 49.4 Å². The SMILES string of the molecule is O=CC1=[C]CCCC1. The maximum atomic E-state index is 10.1. The van der Waals surface area contributed by atoms with Crippen LogP contribution < -0.4 is 0 Å². The third-order valence-electron chi connectivity index (χ3n) is 1.37. The molecule has 0 aromatic rings. The van der Waals surface area contributed by atoms with Crippen LogP contribution in [0.25, 0.3) is 0 Å². The molecule has 0 saturated heterocycles. The molecule has 0 saturated carbocycles. The van der Waals surface area contributed by atoms with Gasteiger partial charge in [0.2, 0.25) is 0 Å². The van der Waals surface area contributed by atoms with Crippen LogP contribution in [0.2, 0.25) is 0 Å². The van der Waals surface area contributed by atoms with E-state index < -0.39 is 0 Å². The van der Waals surface area contributed by atoms with E-state index in [2.05, 4.69) is 6.08 Å². The summed E-state index contributed by atoms with van der Waals surface area (Å²) in [7, 11) is 0. The molecule has 0 N–H and O–H groups in total. The first kappa shape index (κ1) is 5.54. The zero-order chi connectivity index (χ0) is 5.82. The van der Waals surface area contributed by atoms with Crippen molar-refractivity contribution in [2.24, 2.45) is 0 Å². The van der Waals surface area contributed by atoms with Crippen molar-refractivity contribution in [3.05, 3.63) is 11.6 Å². The predicted molar refractivity (Wildman–Crippen MR) is 31.3 cm³/mol. The lowest BCUT2D eigenvalue weighted by molar-refractivity contribution is -0.105. The van der Waals surface area contributed by atoms with Crippen molar-refractivity contribution in [3.63, 3.8) is 0 Å². The Morgan fingerprint density at radius 1 is 1.50 bits per heavy atom. The second kappa shape index (κ2) is 2.65. The highest BCUT2D eigenvalue weighted by molar-refractivity contribution is 5.72. The number of hydrogen-bond donors (Lipinski definition) is 0. The molecule has 1 heteroatoms. The minimum Gasteiger partial charge on any atom is -0.298 e. The molecule has 1 nitrogen and oxygen atoms in total. The van der Waals surface area contributed by atoms with Gasteiger partial charge in [-0.2, -0.15) is 0 Å². The Balaban J connectivity index is 2.49. The van der Waals surface area contributed by atoms with Crippen LogP contribution >= 0.6 is 0 Å². The van der Waals surface area contributed by atoms with Crippen LogP contribution in [0.4, 0.5) is 0 Å². The van der Waals surface area contributed by atoms with Gasteiger partial charge in [-0.3, -0.25) is 4.79 Å². The summed E-state index contributed by atoms with van der Waals surface area (Å²) in [6, 6.07) is 0. The van der Waals surface area contributed by atoms with Crippen LogP contribution in [0.15, 0.2) is 5.57 Å². The fourth-order valence-electron chi connectivity index (χ4n) is 0.878. The highest BCUT2D eigenvalue weighted by atomic mass is 16.1. The third-order valence-corrected chi connectivity index (χ3v) is 1.37. The Bertz CT molecular complexity index is 114. The van der Waals surface area contributed by atoms with Crippen LogP contribution in [-0.4, -0.2) is 6.29 Å². The van der Waals surface area contributed by atoms with Crippen molar-refractivity contribution in [1.29, 1.82) is 0 Å². The maximum absolute atomic E-state index is 10.1. The molecule has 0 aliphatic heterocycles. The van der Waals surface area contributed by atoms with Gasteiger partial charge in [-0.15, -0.1) is 0 Å². The summed E-state index contributed by atoms with van der Waals surface area (Å²) in [5, 5.41) is 0. The molecule has 43 valence electrons. The molecule has 0 bridgehead atoms. The zero-order valence-electron chi connectivity index (χ0n) is 4.81. The van der Waals surface area contributed by atoms with Gasteiger partial charge in [-0.25, -0.2) is 0 Å². The Hall–Kier alpha value is -0.590. The molecule has 0 spiro atoms. The van der Waals surface area contributed by atoms with Gasteiger partial charge in [0.25, 0.3) is 0 Å². The molecule has 1 aliphatic rings. The molecule has 0 atom stereocenters. The number of hydrogen-bond acceptors (Lipinski definition) is 1.